The summed E-state index contributed by atoms with van der Waals surface area (Å²) in [6, 6.07) is 88.1. The van der Waals surface area contributed by atoms with Gasteiger partial charge in [0.2, 0.25) is 28.3 Å². The maximum absolute atomic E-state index is 2.29. The van der Waals surface area contributed by atoms with Crippen molar-refractivity contribution in [1.29, 1.82) is 0 Å². The van der Waals surface area contributed by atoms with Gasteiger partial charge in [0.25, 0.3) is 0 Å². The summed E-state index contributed by atoms with van der Waals surface area (Å²) in [4.78, 5) is 4.49. The van der Waals surface area contributed by atoms with Crippen LogP contribution >= 0.6 is 0 Å². The van der Waals surface area contributed by atoms with E-state index in [-0.39, 0.29) is 0 Å². The highest BCUT2D eigenvalue weighted by atomic mass is 15.4. The zero-order valence-electron chi connectivity index (χ0n) is 73.5. The molecule has 109 heavy (non-hydrogen) atoms. The fraction of sp³-hybridized carbons (Fsp3) is 0.320. The first-order valence-corrected chi connectivity index (χ1v) is 41.0. The standard InChI is InChI=1S/C20H18N.3C17H16N.C12H16N2.10C2H6/c1-14-10-11-17-16-8-4-3-7-15(16)13-18(17)20(14)19-9-5-6-12-21(19)2;1-13-7-3-6-10-16(13)17-11-14-8-4-5-9-15(14)12-18(17)2;1-13-7-3-5-9-15(13)17-16-10-6-4-8-14(16)11-12-18(17)2;1-13-7-3-5-9-15(13)17-12-11-14-8-4-6-10-16(14)18(17)2;1-10-6-4-5-7-12(10)14-9-8-13(3)11(14)2;10*1-2/h3-12H,13H2,1-2H3;3*3-12H,1-2H3;4-9,11H,1-3H3;10*1-2H3/q4*+1;;;;;;;;;;;/t;;;;11-;;;;;;;;;;/m....0........../s1. The molecule has 15 rings (SSSR count). The van der Waals surface area contributed by atoms with Gasteiger partial charge in [-0.1, -0.05) is 296 Å². The summed E-state index contributed by atoms with van der Waals surface area (Å²) < 4.78 is 8.87. The van der Waals surface area contributed by atoms with Gasteiger partial charge in [-0.15, -0.1) is 0 Å². The van der Waals surface area contributed by atoms with Crippen molar-refractivity contribution in [1.82, 2.24) is 4.90 Å². The Balaban J connectivity index is 0.000000645. The maximum atomic E-state index is 2.29. The minimum absolute atomic E-state index is 0.413. The number of hydrogen-bond donors (Lipinski definition) is 0. The number of hydrogen-bond acceptors (Lipinski definition) is 2. The fourth-order valence-corrected chi connectivity index (χ4v) is 12.6. The van der Waals surface area contributed by atoms with Gasteiger partial charge in [0.05, 0.1) is 10.9 Å². The predicted molar refractivity (Wildman–Crippen MR) is 485 cm³/mol. The van der Waals surface area contributed by atoms with E-state index in [0.717, 1.165) is 6.42 Å². The minimum atomic E-state index is 0.413. The molecule has 6 nitrogen and oxygen atoms in total. The van der Waals surface area contributed by atoms with Gasteiger partial charge in [-0.3, -0.25) is 0 Å². The number of benzene rings is 9. The molecule has 0 amide bonds. The second kappa shape index (κ2) is 54.3. The number of aryl methyl sites for hydroxylation is 9. The van der Waals surface area contributed by atoms with E-state index in [1.165, 1.54) is 133 Å². The van der Waals surface area contributed by atoms with E-state index in [0.29, 0.717) is 6.17 Å². The Hall–Kier alpha value is -10.3. The average Bonchev–Trinajstić information content (AvgIpc) is 1.64. The number of anilines is 1. The summed E-state index contributed by atoms with van der Waals surface area (Å²) >= 11 is 0. The Labute approximate surface area is 664 Å². The van der Waals surface area contributed by atoms with Crippen molar-refractivity contribution in [2.75, 3.05) is 11.9 Å². The van der Waals surface area contributed by atoms with Gasteiger partial charge in [0, 0.05) is 89.0 Å². The topological polar surface area (TPSA) is 22.0 Å². The zero-order chi connectivity index (χ0) is 82.1. The lowest BCUT2D eigenvalue weighted by atomic mass is 9.94. The highest BCUT2D eigenvalue weighted by molar-refractivity contribution is 5.93. The maximum Gasteiger partial charge on any atom is 0.220 e. The van der Waals surface area contributed by atoms with E-state index in [4.69, 9.17) is 0 Å². The SMILES string of the molecule is CC.CC.CC.CC.CC.CC.CC.CC.CC.CC.Cc1ccc2c(c1-c1cccc[n+]1C)Cc1ccccc1-2.Cc1ccccc1-c1c2ccccc2cc[n+]1C.Cc1ccccc1-c1cc2ccccc2c[n+]1C.Cc1ccccc1-c1ccc2ccccc2[n+]1C.Cc1ccccc1N1C=CN(C)[C@@H]1C. The molecule has 0 saturated heterocycles. The average molecular weight is 1460 g/mol. The highest BCUT2D eigenvalue weighted by Gasteiger charge is 2.26. The van der Waals surface area contributed by atoms with Crippen LogP contribution in [0.2, 0.25) is 0 Å². The number of nitrogens with zero attached hydrogens (tertiary/aromatic N) is 6. The molecule has 580 valence electrons. The van der Waals surface area contributed by atoms with Gasteiger partial charge in [-0.25, -0.2) is 13.7 Å². The molecule has 1 aliphatic carbocycles. The van der Waals surface area contributed by atoms with E-state index in [2.05, 4.69) is 385 Å². The molecule has 0 saturated carbocycles. The second-order valence-electron chi connectivity index (χ2n) is 23.6. The van der Waals surface area contributed by atoms with E-state index in [1.54, 1.807) is 0 Å². The molecule has 0 spiro atoms. The lowest BCUT2D eigenvalue weighted by Gasteiger charge is -2.28. The van der Waals surface area contributed by atoms with Crippen LogP contribution in [0.5, 0.6) is 0 Å². The van der Waals surface area contributed by atoms with Crippen LogP contribution in [0.25, 0.3) is 88.6 Å². The lowest BCUT2D eigenvalue weighted by molar-refractivity contribution is -0.660. The minimum Gasteiger partial charge on any atom is -0.359 e. The quantitative estimate of drug-likeness (QED) is 0.160. The molecule has 13 aromatic rings. The first-order chi connectivity index (χ1) is 53.2. The number of pyridine rings is 4. The smallest absolute Gasteiger partial charge is 0.220 e. The molecule has 9 aromatic carbocycles. The Morgan fingerprint density at radius 3 is 1.32 bits per heavy atom. The molecular weight excluding hydrogens is 1320 g/mol. The van der Waals surface area contributed by atoms with Crippen molar-refractivity contribution >= 4 is 38.1 Å². The van der Waals surface area contributed by atoms with Crippen molar-refractivity contribution < 1.29 is 18.3 Å². The Kier molecular flexibility index (Phi) is 48.2. The molecule has 0 fully saturated rings. The van der Waals surface area contributed by atoms with Gasteiger partial charge in [-0.05, 0) is 163 Å². The lowest BCUT2D eigenvalue weighted by Crippen LogP contribution is -2.33. The summed E-state index contributed by atoms with van der Waals surface area (Å²) in [5.74, 6) is 0. The summed E-state index contributed by atoms with van der Waals surface area (Å²) in [6.45, 7) is 53.0. The highest BCUT2D eigenvalue weighted by Crippen LogP contribution is 2.42. The van der Waals surface area contributed by atoms with E-state index < -0.39 is 0 Å². The first kappa shape index (κ1) is 96.7. The van der Waals surface area contributed by atoms with Crippen molar-refractivity contribution in [3.05, 3.63) is 319 Å². The van der Waals surface area contributed by atoms with Crippen molar-refractivity contribution in [2.24, 2.45) is 28.2 Å². The molecule has 5 heterocycles. The summed E-state index contributed by atoms with van der Waals surface area (Å²) in [5, 5.41) is 6.43. The zero-order valence-corrected chi connectivity index (χ0v) is 73.5. The monoisotopic (exact) mass is 1460 g/mol. The van der Waals surface area contributed by atoms with Crippen molar-refractivity contribution in [2.45, 2.75) is 193 Å². The molecule has 0 unspecified atom stereocenters. The van der Waals surface area contributed by atoms with Crippen LogP contribution in [-0.4, -0.2) is 18.1 Å². The van der Waals surface area contributed by atoms with Gasteiger partial charge < -0.3 is 9.80 Å². The molecule has 0 radical (unpaired) electrons. The predicted octanol–water partition coefficient (Wildman–Crippen LogP) is 27.8. The van der Waals surface area contributed by atoms with Gasteiger partial charge in [0.1, 0.15) is 34.4 Å². The van der Waals surface area contributed by atoms with Crippen LogP contribution in [0.1, 0.15) is 184 Å². The van der Waals surface area contributed by atoms with E-state index in [9.17, 15) is 0 Å². The van der Waals surface area contributed by atoms with Crippen LogP contribution in [0.15, 0.2) is 280 Å². The second-order valence-corrected chi connectivity index (χ2v) is 23.6. The fourth-order valence-electron chi connectivity index (χ4n) is 12.6. The van der Waals surface area contributed by atoms with Crippen LogP contribution in [-0.2, 0) is 34.6 Å². The Morgan fingerprint density at radius 1 is 0.321 bits per heavy atom. The normalized spacial score (nSPS) is 10.9. The van der Waals surface area contributed by atoms with E-state index >= 15 is 0 Å². The molecule has 2 aliphatic rings. The molecule has 0 N–H and O–H groups in total. The molecular formula is C103H142N6+4. The van der Waals surface area contributed by atoms with Crippen LogP contribution in [0.4, 0.5) is 5.69 Å². The molecule has 0 bridgehead atoms. The largest absolute Gasteiger partial charge is 0.359 e. The summed E-state index contributed by atoms with van der Waals surface area (Å²) in [5.41, 5.74) is 25.2. The third-order valence-corrected chi connectivity index (χ3v) is 17.7. The number of para-hydroxylation sites is 2. The Morgan fingerprint density at radius 2 is 0.780 bits per heavy atom. The van der Waals surface area contributed by atoms with Gasteiger partial charge >= 0.3 is 0 Å². The van der Waals surface area contributed by atoms with Crippen LogP contribution in [0, 0.1) is 34.6 Å². The van der Waals surface area contributed by atoms with Gasteiger partial charge in [-0.2, -0.15) is 4.57 Å². The van der Waals surface area contributed by atoms with Crippen molar-refractivity contribution in [3.8, 4) is 56.2 Å². The van der Waals surface area contributed by atoms with Crippen LogP contribution < -0.4 is 23.2 Å². The third kappa shape index (κ3) is 26.2. The number of aromatic nitrogens is 4. The molecule has 6 heteroatoms. The molecule has 1 aliphatic heterocycles. The molecule has 4 aromatic heterocycles. The number of rotatable bonds is 5. The first-order valence-electron chi connectivity index (χ1n) is 41.0. The third-order valence-electron chi connectivity index (χ3n) is 17.7. The van der Waals surface area contributed by atoms with Crippen LogP contribution in [0.3, 0.4) is 0 Å². The molecule has 1 atom stereocenters. The summed E-state index contributed by atoms with van der Waals surface area (Å²) in [6.07, 6.45) is 12.1. The van der Waals surface area contributed by atoms with Crippen molar-refractivity contribution in [3.63, 3.8) is 0 Å². The number of fused-ring (bicyclic) bond motifs is 6. The van der Waals surface area contributed by atoms with E-state index in [1.807, 2.05) is 138 Å². The van der Waals surface area contributed by atoms with Gasteiger partial charge in [0.15, 0.2) is 18.6 Å². The summed E-state index contributed by atoms with van der Waals surface area (Å²) in [7, 11) is 10.6. The Bertz CT molecular complexity index is 4660.